The minimum absolute atomic E-state index is 0.160. The highest BCUT2D eigenvalue weighted by Gasteiger charge is 2.35. The summed E-state index contributed by atoms with van der Waals surface area (Å²) < 4.78 is 23.3. The number of hydrogen-bond acceptors (Lipinski definition) is 8. The van der Waals surface area contributed by atoms with E-state index in [4.69, 9.17) is 18.9 Å². The van der Waals surface area contributed by atoms with Crippen molar-refractivity contribution in [3.63, 3.8) is 0 Å². The van der Waals surface area contributed by atoms with Gasteiger partial charge < -0.3 is 39.5 Å². The zero-order valence-corrected chi connectivity index (χ0v) is 27.4. The van der Waals surface area contributed by atoms with Crippen molar-refractivity contribution < 1.29 is 38.1 Å². The molecule has 2 aromatic carbocycles. The van der Waals surface area contributed by atoms with Crippen LogP contribution in [-0.2, 0) is 35.2 Å². The van der Waals surface area contributed by atoms with Crippen molar-refractivity contribution in [2.45, 2.75) is 71.4 Å². The smallest absolute Gasteiger partial charge is 0.408 e. The lowest BCUT2D eigenvalue weighted by molar-refractivity contribution is -0.145. The number of methoxy groups -OCH3 is 1. The van der Waals surface area contributed by atoms with Gasteiger partial charge in [-0.15, -0.1) is 0 Å². The molecule has 0 aliphatic heterocycles. The van der Waals surface area contributed by atoms with Gasteiger partial charge in [0.05, 0.1) is 32.6 Å². The molecule has 0 aliphatic carbocycles. The van der Waals surface area contributed by atoms with E-state index >= 15 is 0 Å². The second kappa shape index (κ2) is 15.9. The van der Waals surface area contributed by atoms with Gasteiger partial charge in [-0.2, -0.15) is 0 Å². The molecule has 1 heterocycles. The largest absolute Gasteiger partial charge is 0.497 e. The van der Waals surface area contributed by atoms with Gasteiger partial charge in [-0.1, -0.05) is 42.5 Å². The molecule has 12 heteroatoms. The molecule has 0 spiro atoms. The van der Waals surface area contributed by atoms with E-state index in [2.05, 4.69) is 16.0 Å². The molecule has 0 saturated carbocycles. The summed E-state index contributed by atoms with van der Waals surface area (Å²) in [5.41, 5.74) is -0.261. The number of esters is 1. The molecule has 2 atom stereocenters. The topological polar surface area (TPSA) is 146 Å². The van der Waals surface area contributed by atoms with Crippen molar-refractivity contribution >= 4 is 29.6 Å². The zero-order valence-electron chi connectivity index (χ0n) is 27.4. The minimum atomic E-state index is -1.42. The van der Waals surface area contributed by atoms with Crippen LogP contribution in [0.15, 0.2) is 73.1 Å². The van der Waals surface area contributed by atoms with E-state index in [0.717, 1.165) is 5.56 Å². The maximum atomic E-state index is 13.6. The molecule has 0 fully saturated rings. The molecular weight excluding hydrogens is 592 g/mol. The Morgan fingerprint density at radius 1 is 0.913 bits per heavy atom. The Bertz CT molecular complexity index is 1460. The third kappa shape index (κ3) is 10.7. The number of amides is 3. The van der Waals surface area contributed by atoms with Crippen molar-refractivity contribution in [3.8, 4) is 5.75 Å². The lowest BCUT2D eigenvalue weighted by Crippen LogP contribution is -2.59. The van der Waals surface area contributed by atoms with E-state index in [-0.39, 0.29) is 19.8 Å². The first-order valence-corrected chi connectivity index (χ1v) is 14.9. The zero-order chi connectivity index (χ0) is 33.9. The van der Waals surface area contributed by atoms with Gasteiger partial charge in [0.15, 0.2) is 6.04 Å². The molecule has 1 aromatic heterocycles. The fraction of sp³-hybridized carbons (Fsp3) is 0.412. The highest BCUT2D eigenvalue weighted by atomic mass is 16.6. The van der Waals surface area contributed by atoms with Crippen molar-refractivity contribution in [3.05, 3.63) is 84.2 Å². The van der Waals surface area contributed by atoms with Crippen molar-refractivity contribution in [2.75, 3.05) is 25.6 Å². The lowest BCUT2D eigenvalue weighted by atomic mass is 10.0. The molecule has 0 bridgehead atoms. The van der Waals surface area contributed by atoms with Gasteiger partial charge in [-0.3, -0.25) is 9.59 Å². The van der Waals surface area contributed by atoms with Crippen LogP contribution in [0.2, 0.25) is 0 Å². The van der Waals surface area contributed by atoms with Gasteiger partial charge in [0.25, 0.3) is 0 Å². The van der Waals surface area contributed by atoms with Gasteiger partial charge in [0.2, 0.25) is 11.8 Å². The van der Waals surface area contributed by atoms with Gasteiger partial charge in [0.1, 0.15) is 22.9 Å². The number of anilines is 1. The number of ether oxygens (including phenoxy) is 4. The van der Waals surface area contributed by atoms with E-state index < -0.39 is 47.1 Å². The number of nitrogens with one attached hydrogen (secondary N) is 3. The van der Waals surface area contributed by atoms with Gasteiger partial charge in [-0.25, -0.2) is 9.59 Å². The van der Waals surface area contributed by atoms with Crippen LogP contribution >= 0.6 is 0 Å². The predicted molar refractivity (Wildman–Crippen MR) is 172 cm³/mol. The normalized spacial score (nSPS) is 12.8. The molecular formula is C34H44N4O8. The molecule has 3 N–H and O–H groups in total. The van der Waals surface area contributed by atoms with E-state index in [1.807, 2.05) is 30.3 Å². The Labute approximate surface area is 269 Å². The lowest BCUT2D eigenvalue weighted by Gasteiger charge is -2.29. The average molecular weight is 637 g/mol. The SMILES string of the molecule is CCOC(=O)C(c1ccc(OC)cc1)n1ccc(NC(=O)[C@@H](COCc2ccccc2)NC(=O)C(C)(C)NC(=O)OC(C)(C)C)c1. The summed E-state index contributed by atoms with van der Waals surface area (Å²) in [6.07, 6.45) is 2.47. The van der Waals surface area contributed by atoms with E-state index in [1.54, 1.807) is 82.1 Å². The molecule has 0 saturated heterocycles. The van der Waals surface area contributed by atoms with Crippen molar-refractivity contribution in [1.29, 1.82) is 0 Å². The van der Waals surface area contributed by atoms with Crippen molar-refractivity contribution in [2.24, 2.45) is 0 Å². The Balaban J connectivity index is 1.79. The summed E-state index contributed by atoms with van der Waals surface area (Å²) in [6.45, 7) is 10.1. The quantitative estimate of drug-likeness (QED) is 0.218. The summed E-state index contributed by atoms with van der Waals surface area (Å²) in [6, 6.07) is 16.1. The number of benzene rings is 2. The van der Waals surface area contributed by atoms with Crippen LogP contribution in [0.4, 0.5) is 10.5 Å². The number of alkyl carbamates (subject to hydrolysis) is 1. The highest BCUT2D eigenvalue weighted by molar-refractivity contribution is 5.99. The first-order chi connectivity index (χ1) is 21.7. The Morgan fingerprint density at radius 2 is 1.59 bits per heavy atom. The number of nitrogens with zero attached hydrogens (tertiary/aromatic N) is 1. The molecule has 3 amide bonds. The van der Waals surface area contributed by atoms with Gasteiger partial charge in [0, 0.05) is 12.4 Å². The highest BCUT2D eigenvalue weighted by Crippen LogP contribution is 2.25. The number of hydrogen-bond donors (Lipinski definition) is 3. The Hall–Kier alpha value is -4.84. The summed E-state index contributed by atoms with van der Waals surface area (Å²) in [5.74, 6) is -1.02. The maximum absolute atomic E-state index is 13.6. The first kappa shape index (κ1) is 35.6. The molecule has 3 rings (SSSR count). The summed E-state index contributed by atoms with van der Waals surface area (Å²) in [5, 5.41) is 8.04. The molecule has 0 aliphatic rings. The molecule has 46 heavy (non-hydrogen) atoms. The van der Waals surface area contributed by atoms with Crippen molar-refractivity contribution in [1.82, 2.24) is 15.2 Å². The van der Waals surface area contributed by atoms with Crippen LogP contribution < -0.4 is 20.7 Å². The molecule has 3 aromatic rings. The third-order valence-electron chi connectivity index (χ3n) is 6.62. The van der Waals surface area contributed by atoms with Crippen LogP contribution in [0.3, 0.4) is 0 Å². The fourth-order valence-corrected chi connectivity index (χ4v) is 4.32. The van der Waals surface area contributed by atoms with E-state index in [0.29, 0.717) is 17.0 Å². The number of aromatic nitrogens is 1. The fourth-order valence-electron chi connectivity index (χ4n) is 4.32. The second-order valence-electron chi connectivity index (χ2n) is 12.0. The number of carbonyl (C=O) groups is 4. The summed E-state index contributed by atoms with van der Waals surface area (Å²) in [4.78, 5) is 52.2. The van der Waals surface area contributed by atoms with E-state index in [1.165, 1.54) is 13.8 Å². The molecule has 248 valence electrons. The Morgan fingerprint density at radius 3 is 2.20 bits per heavy atom. The Kier molecular flexibility index (Phi) is 12.3. The number of rotatable bonds is 14. The van der Waals surface area contributed by atoms with E-state index in [9.17, 15) is 19.2 Å². The molecule has 0 radical (unpaired) electrons. The molecule has 12 nitrogen and oxygen atoms in total. The van der Waals surface area contributed by atoms with Crippen LogP contribution in [0.1, 0.15) is 58.7 Å². The number of carbonyl (C=O) groups excluding carboxylic acids is 4. The van der Waals surface area contributed by atoms with Crippen LogP contribution in [-0.4, -0.2) is 65.9 Å². The van der Waals surface area contributed by atoms with Crippen LogP contribution in [0, 0.1) is 0 Å². The van der Waals surface area contributed by atoms with Gasteiger partial charge >= 0.3 is 12.1 Å². The first-order valence-electron chi connectivity index (χ1n) is 14.9. The van der Waals surface area contributed by atoms with Gasteiger partial charge in [-0.05, 0) is 70.9 Å². The summed E-state index contributed by atoms with van der Waals surface area (Å²) >= 11 is 0. The molecule has 1 unspecified atom stereocenters. The third-order valence-corrected chi connectivity index (χ3v) is 6.62. The average Bonchev–Trinajstić information content (AvgIpc) is 3.43. The minimum Gasteiger partial charge on any atom is -0.497 e. The van der Waals surface area contributed by atoms with Crippen LogP contribution in [0.5, 0.6) is 5.75 Å². The summed E-state index contributed by atoms with van der Waals surface area (Å²) in [7, 11) is 1.56. The maximum Gasteiger partial charge on any atom is 0.408 e. The monoisotopic (exact) mass is 636 g/mol. The second-order valence-corrected chi connectivity index (χ2v) is 12.0. The standard InChI is InChI=1S/C34H44N4O8/c1-8-45-30(40)28(24-14-16-26(43-7)17-15-24)38-19-18-25(20-38)35-29(39)27(22-44-21-23-12-10-9-11-13-23)36-31(41)34(5,6)37-32(42)46-33(2,3)4/h9-20,27-28H,8,21-22H2,1-7H3,(H,35,39)(H,36,41)(H,37,42)/t27-,28?/m1/s1. The van der Waals surface area contributed by atoms with Crippen LogP contribution in [0.25, 0.3) is 0 Å². The predicted octanol–water partition coefficient (Wildman–Crippen LogP) is 4.59.